The Bertz CT molecular complexity index is 1060. The van der Waals surface area contributed by atoms with Crippen LogP contribution < -0.4 is 0 Å². The van der Waals surface area contributed by atoms with Crippen molar-refractivity contribution >= 4 is 70.1 Å². The van der Waals surface area contributed by atoms with E-state index in [2.05, 4.69) is 17.4 Å². The maximum Gasteiger partial charge on any atom is 0.334 e. The van der Waals surface area contributed by atoms with Crippen molar-refractivity contribution in [2.75, 3.05) is 20.0 Å². The number of benzene rings is 2. The van der Waals surface area contributed by atoms with Crippen LogP contribution in [-0.2, 0) is 19.1 Å². The molecule has 10 heteroatoms. The largest absolute Gasteiger partial charge is 0.466 e. The van der Waals surface area contributed by atoms with Gasteiger partial charge < -0.3 is 9.47 Å². The van der Waals surface area contributed by atoms with E-state index in [1.165, 1.54) is 14.2 Å². The second-order valence-corrected chi connectivity index (χ2v) is 10.0. The SMILES string of the molecule is COC(=O)C=C(CS/C(SC(=O)c1ccccc1)=C(\S)SC(=O)c1ccccc1)C(=O)OC. The van der Waals surface area contributed by atoms with Gasteiger partial charge in [0.1, 0.15) is 0 Å². The summed E-state index contributed by atoms with van der Waals surface area (Å²) >= 11 is 7.31. The summed E-state index contributed by atoms with van der Waals surface area (Å²) in [6.07, 6.45) is 1.03. The summed E-state index contributed by atoms with van der Waals surface area (Å²) in [6, 6.07) is 17.3. The zero-order valence-corrected chi connectivity index (χ0v) is 21.0. The van der Waals surface area contributed by atoms with Gasteiger partial charge in [-0.15, -0.1) is 24.4 Å². The van der Waals surface area contributed by atoms with Crippen LogP contribution in [0.15, 0.2) is 80.8 Å². The number of carbonyl (C=O) groups is 4. The summed E-state index contributed by atoms with van der Waals surface area (Å²) in [5.41, 5.74) is 0.998. The molecule has 172 valence electrons. The van der Waals surface area contributed by atoms with Gasteiger partial charge in [-0.25, -0.2) is 9.59 Å². The fraction of sp³-hybridized carbons (Fsp3) is 0.130. The smallest absolute Gasteiger partial charge is 0.334 e. The molecule has 0 spiro atoms. The first-order valence-electron chi connectivity index (χ1n) is 9.33. The molecule has 0 saturated heterocycles. The highest BCUT2D eigenvalue weighted by molar-refractivity contribution is 8.33. The zero-order valence-electron chi connectivity index (χ0n) is 17.7. The van der Waals surface area contributed by atoms with Crippen LogP contribution in [0.25, 0.3) is 0 Å². The van der Waals surface area contributed by atoms with Gasteiger partial charge in [0.05, 0.1) is 28.3 Å². The van der Waals surface area contributed by atoms with Crippen LogP contribution in [0, 0.1) is 0 Å². The fourth-order valence-corrected chi connectivity index (χ4v) is 5.65. The van der Waals surface area contributed by atoms with E-state index in [1.54, 1.807) is 60.7 Å². The van der Waals surface area contributed by atoms with Gasteiger partial charge in [0, 0.05) is 23.0 Å². The van der Waals surface area contributed by atoms with Gasteiger partial charge in [-0.05, 0) is 23.5 Å². The first-order valence-corrected chi connectivity index (χ1v) is 12.4. The lowest BCUT2D eigenvalue weighted by atomic mass is 10.2. The second kappa shape index (κ2) is 14.0. The number of ether oxygens (including phenoxy) is 2. The standard InChI is InChI=1S/C23H20O6S4/c1-28-18(24)13-17(19(25)29-2)14-31-23(33-21(27)16-11-7-4-8-12-16)22(30)32-20(26)15-9-5-3-6-10-15/h3-13,30H,14H2,1-2H3/b17-13?,23-22-. The molecule has 0 aliphatic rings. The van der Waals surface area contributed by atoms with Crippen LogP contribution in [0.1, 0.15) is 20.7 Å². The maximum atomic E-state index is 12.8. The maximum absolute atomic E-state index is 12.8. The average molecular weight is 521 g/mol. The summed E-state index contributed by atoms with van der Waals surface area (Å²) < 4.78 is 10.0. The van der Waals surface area contributed by atoms with Crippen molar-refractivity contribution < 1.29 is 28.7 Å². The molecule has 0 heterocycles. The minimum absolute atomic E-state index is 0.00365. The van der Waals surface area contributed by atoms with E-state index in [-0.39, 0.29) is 21.6 Å². The predicted octanol–water partition coefficient (Wildman–Crippen LogP) is 5.20. The van der Waals surface area contributed by atoms with Crippen molar-refractivity contribution in [3.8, 4) is 0 Å². The Hall–Kier alpha value is -2.40. The van der Waals surface area contributed by atoms with Crippen molar-refractivity contribution in [2.24, 2.45) is 0 Å². The third-order valence-corrected chi connectivity index (χ3v) is 8.08. The number of hydrogen-bond donors (Lipinski definition) is 1. The third kappa shape index (κ3) is 8.81. The number of methoxy groups -OCH3 is 2. The van der Waals surface area contributed by atoms with Gasteiger partial charge in [0.25, 0.3) is 0 Å². The first-order chi connectivity index (χ1) is 15.8. The van der Waals surface area contributed by atoms with Crippen molar-refractivity contribution in [2.45, 2.75) is 0 Å². The number of esters is 2. The molecule has 0 amide bonds. The third-order valence-electron chi connectivity index (χ3n) is 3.87. The Kier molecular flexibility index (Phi) is 11.4. The molecule has 0 aliphatic heterocycles. The van der Waals surface area contributed by atoms with Gasteiger partial charge in [-0.2, -0.15) is 0 Å². The number of hydrogen-bond acceptors (Lipinski definition) is 10. The van der Waals surface area contributed by atoms with Gasteiger partial charge in [-0.1, -0.05) is 60.7 Å². The van der Waals surface area contributed by atoms with Gasteiger partial charge in [0.2, 0.25) is 10.2 Å². The average Bonchev–Trinajstić information content (AvgIpc) is 2.85. The summed E-state index contributed by atoms with van der Waals surface area (Å²) in [4.78, 5) is 49.1. The quantitative estimate of drug-likeness (QED) is 0.272. The highest BCUT2D eigenvalue weighted by Crippen LogP contribution is 2.41. The molecule has 0 N–H and O–H groups in total. The van der Waals surface area contributed by atoms with Crippen LogP contribution in [0.4, 0.5) is 0 Å². The minimum atomic E-state index is -0.714. The molecule has 0 fully saturated rings. The fourth-order valence-electron chi connectivity index (χ4n) is 2.25. The molecule has 0 atom stereocenters. The topological polar surface area (TPSA) is 86.7 Å². The molecule has 0 aliphatic carbocycles. The molecule has 2 rings (SSSR count). The molecule has 0 radical (unpaired) electrons. The monoisotopic (exact) mass is 520 g/mol. The molecule has 0 saturated carbocycles. The second-order valence-electron chi connectivity index (χ2n) is 6.08. The number of carbonyl (C=O) groups excluding carboxylic acids is 4. The van der Waals surface area contributed by atoms with Crippen molar-refractivity contribution in [1.82, 2.24) is 0 Å². The molecular formula is C23H20O6S4. The summed E-state index contributed by atoms with van der Waals surface area (Å²) in [5.74, 6) is -1.43. The van der Waals surface area contributed by atoms with Crippen LogP contribution in [0.5, 0.6) is 0 Å². The van der Waals surface area contributed by atoms with E-state index < -0.39 is 11.9 Å². The van der Waals surface area contributed by atoms with Crippen LogP contribution in [0.2, 0.25) is 0 Å². The summed E-state index contributed by atoms with van der Waals surface area (Å²) in [7, 11) is 2.39. The molecule has 0 aromatic heterocycles. The Morgan fingerprint density at radius 2 is 1.33 bits per heavy atom. The molecule has 2 aromatic rings. The van der Waals surface area contributed by atoms with E-state index in [1.807, 2.05) is 0 Å². The lowest BCUT2D eigenvalue weighted by molar-refractivity contribution is -0.138. The van der Waals surface area contributed by atoms with Crippen molar-refractivity contribution in [3.05, 3.63) is 91.9 Å². The number of rotatable bonds is 9. The van der Waals surface area contributed by atoms with Gasteiger partial charge in [-0.3, -0.25) is 9.59 Å². The van der Waals surface area contributed by atoms with Gasteiger partial charge >= 0.3 is 11.9 Å². The number of thioether (sulfide) groups is 3. The highest BCUT2D eigenvalue weighted by atomic mass is 32.2. The van der Waals surface area contributed by atoms with Crippen LogP contribution >= 0.6 is 47.9 Å². The Morgan fingerprint density at radius 3 is 1.82 bits per heavy atom. The van der Waals surface area contributed by atoms with Gasteiger partial charge in [0.15, 0.2) is 0 Å². The molecule has 0 unspecified atom stereocenters. The number of thiol groups is 1. The van der Waals surface area contributed by atoms with E-state index in [9.17, 15) is 19.2 Å². The molecule has 33 heavy (non-hydrogen) atoms. The van der Waals surface area contributed by atoms with Crippen molar-refractivity contribution in [3.63, 3.8) is 0 Å². The summed E-state index contributed by atoms with van der Waals surface area (Å²) in [6.45, 7) is 0. The van der Waals surface area contributed by atoms with Crippen molar-refractivity contribution in [1.29, 1.82) is 0 Å². The molecule has 2 aromatic carbocycles. The summed E-state index contributed by atoms with van der Waals surface area (Å²) in [5, 5.41) is -0.501. The lowest BCUT2D eigenvalue weighted by Gasteiger charge is -2.11. The molecule has 0 bridgehead atoms. The molecule has 6 nitrogen and oxygen atoms in total. The first kappa shape index (κ1) is 26.8. The highest BCUT2D eigenvalue weighted by Gasteiger charge is 2.20. The lowest BCUT2D eigenvalue weighted by Crippen LogP contribution is -2.10. The Labute approximate surface area is 210 Å². The normalized spacial score (nSPS) is 11.9. The van der Waals surface area contributed by atoms with E-state index in [0.717, 1.165) is 41.4 Å². The zero-order chi connectivity index (χ0) is 24.2. The Morgan fingerprint density at radius 1 is 0.818 bits per heavy atom. The van der Waals surface area contributed by atoms with Crippen LogP contribution in [0.3, 0.4) is 0 Å². The minimum Gasteiger partial charge on any atom is -0.466 e. The van der Waals surface area contributed by atoms with E-state index >= 15 is 0 Å². The van der Waals surface area contributed by atoms with Crippen LogP contribution in [-0.4, -0.2) is 42.1 Å². The van der Waals surface area contributed by atoms with E-state index in [0.29, 0.717) is 19.6 Å². The predicted molar refractivity (Wildman–Crippen MR) is 137 cm³/mol. The Balaban J connectivity index is 2.30. The van der Waals surface area contributed by atoms with E-state index in [4.69, 9.17) is 4.74 Å². The molecular weight excluding hydrogens is 501 g/mol.